The topological polar surface area (TPSA) is 112 Å². The summed E-state index contributed by atoms with van der Waals surface area (Å²) in [5.41, 5.74) is 0.475. The van der Waals surface area contributed by atoms with Gasteiger partial charge in [-0.1, -0.05) is 12.0 Å². The van der Waals surface area contributed by atoms with Crippen molar-refractivity contribution in [3.05, 3.63) is 18.2 Å². The quantitative estimate of drug-likeness (QED) is 0.710. The maximum Gasteiger partial charge on any atom is 0.336 e. The number of rotatable bonds is 6. The van der Waals surface area contributed by atoms with Gasteiger partial charge in [-0.15, -0.1) is 5.10 Å². The summed E-state index contributed by atoms with van der Waals surface area (Å²) in [5, 5.41) is 6.85. The van der Waals surface area contributed by atoms with E-state index in [4.69, 9.17) is 13.9 Å². The first-order valence-electron chi connectivity index (χ1n) is 8.90. The number of ether oxygens (including phenoxy) is 2. The fourth-order valence-electron chi connectivity index (χ4n) is 3.15. The highest BCUT2D eigenvalue weighted by Crippen LogP contribution is 2.32. The zero-order valence-corrected chi connectivity index (χ0v) is 16.9. The molecular weight excluding hydrogens is 386 g/mol. The van der Waals surface area contributed by atoms with Gasteiger partial charge in [0.1, 0.15) is 5.75 Å². The molecule has 1 aromatic carbocycles. The summed E-state index contributed by atoms with van der Waals surface area (Å²) in [6.45, 7) is 3.18. The van der Waals surface area contributed by atoms with Gasteiger partial charge >= 0.3 is 5.22 Å². The van der Waals surface area contributed by atoms with Crippen molar-refractivity contribution in [3.8, 4) is 23.0 Å². The number of carbonyl (C=O) groups excluding carboxylic acids is 1. The molecule has 152 valence electrons. The van der Waals surface area contributed by atoms with Crippen LogP contribution in [0.1, 0.15) is 19.8 Å². The lowest BCUT2D eigenvalue weighted by Gasteiger charge is -2.30. The Morgan fingerprint density at radius 3 is 2.68 bits per heavy atom. The van der Waals surface area contributed by atoms with Crippen molar-refractivity contribution in [3.63, 3.8) is 0 Å². The van der Waals surface area contributed by atoms with E-state index in [2.05, 4.69) is 10.2 Å². The molecule has 1 amide bonds. The number of likely N-dealkylation sites (tertiary alicyclic amines) is 1. The Hall–Kier alpha value is -2.62. The average molecular weight is 409 g/mol. The van der Waals surface area contributed by atoms with E-state index in [9.17, 15) is 13.2 Å². The van der Waals surface area contributed by atoms with Gasteiger partial charge in [0.05, 0.1) is 14.2 Å². The molecule has 0 saturated carbocycles. The highest BCUT2D eigenvalue weighted by Gasteiger charge is 2.30. The molecule has 9 nitrogen and oxygen atoms in total. The lowest BCUT2D eigenvalue weighted by atomic mass is 10.0. The van der Waals surface area contributed by atoms with Gasteiger partial charge in [-0.05, 0) is 37.0 Å². The van der Waals surface area contributed by atoms with Crippen molar-refractivity contribution in [2.45, 2.75) is 25.0 Å². The Morgan fingerprint density at radius 1 is 1.25 bits per heavy atom. The minimum atomic E-state index is -4.03. The van der Waals surface area contributed by atoms with Crippen LogP contribution in [0.5, 0.6) is 11.5 Å². The fraction of sp³-hybridized carbons (Fsp3) is 0.500. The highest BCUT2D eigenvalue weighted by molar-refractivity contribution is 7.91. The van der Waals surface area contributed by atoms with E-state index in [1.54, 1.807) is 23.1 Å². The number of carbonyl (C=O) groups is 1. The van der Waals surface area contributed by atoms with Gasteiger partial charge in [0.25, 0.3) is 0 Å². The van der Waals surface area contributed by atoms with Crippen LogP contribution < -0.4 is 9.47 Å². The normalized spacial score (nSPS) is 17.4. The van der Waals surface area contributed by atoms with E-state index in [1.807, 2.05) is 6.92 Å². The summed E-state index contributed by atoms with van der Waals surface area (Å²) in [6.07, 6.45) is 1.91. The lowest BCUT2D eigenvalue weighted by Crippen LogP contribution is -2.42. The van der Waals surface area contributed by atoms with Gasteiger partial charge in [-0.2, -0.15) is 0 Å². The number of benzene rings is 1. The number of hydrogen-bond donors (Lipinski definition) is 0. The molecular formula is C18H23N3O6S. The fourth-order valence-corrected chi connectivity index (χ4v) is 4.16. The summed E-state index contributed by atoms with van der Waals surface area (Å²) in [7, 11) is -1.04. The standard InChI is InChI=1S/C18H23N3O6S/c1-12-5-4-8-21(10-12)16(22)11-28(23,24)18-20-19-17(27-18)13-6-7-14(25-2)15(9-13)26-3/h6-7,9,12H,4-5,8,10-11H2,1-3H3. The summed E-state index contributed by atoms with van der Waals surface area (Å²) >= 11 is 0. The molecule has 0 aliphatic carbocycles. The first-order chi connectivity index (χ1) is 13.3. The first kappa shape index (κ1) is 20.1. The Labute approximate surface area is 163 Å². The van der Waals surface area contributed by atoms with E-state index < -0.39 is 26.7 Å². The van der Waals surface area contributed by atoms with E-state index in [0.29, 0.717) is 36.1 Å². The lowest BCUT2D eigenvalue weighted by molar-refractivity contribution is -0.130. The van der Waals surface area contributed by atoms with Crippen LogP contribution in [0.15, 0.2) is 27.8 Å². The zero-order chi connectivity index (χ0) is 20.3. The summed E-state index contributed by atoms with van der Waals surface area (Å²) in [6, 6.07) is 4.89. The Kier molecular flexibility index (Phi) is 5.87. The van der Waals surface area contributed by atoms with Crippen LogP contribution in [-0.2, 0) is 14.6 Å². The smallest absolute Gasteiger partial charge is 0.336 e. The van der Waals surface area contributed by atoms with Crippen molar-refractivity contribution < 1.29 is 27.1 Å². The Bertz CT molecular complexity index is 956. The van der Waals surface area contributed by atoms with Gasteiger partial charge in [0.2, 0.25) is 21.6 Å². The van der Waals surface area contributed by atoms with Crippen LogP contribution in [0.4, 0.5) is 0 Å². The monoisotopic (exact) mass is 409 g/mol. The molecule has 1 aliphatic rings. The Morgan fingerprint density at radius 2 is 2.00 bits per heavy atom. The number of hydrogen-bond acceptors (Lipinski definition) is 8. The number of piperidine rings is 1. The molecule has 1 fully saturated rings. The highest BCUT2D eigenvalue weighted by atomic mass is 32.2. The number of methoxy groups -OCH3 is 2. The van der Waals surface area contributed by atoms with Crippen LogP contribution in [-0.4, -0.2) is 62.5 Å². The zero-order valence-electron chi connectivity index (χ0n) is 16.0. The van der Waals surface area contributed by atoms with E-state index in [0.717, 1.165) is 12.8 Å². The molecule has 0 bridgehead atoms. The molecule has 1 unspecified atom stereocenters. The summed E-state index contributed by atoms with van der Waals surface area (Å²) in [4.78, 5) is 14.0. The first-order valence-corrected chi connectivity index (χ1v) is 10.6. The summed E-state index contributed by atoms with van der Waals surface area (Å²) < 4.78 is 40.8. The van der Waals surface area contributed by atoms with Gasteiger partial charge < -0.3 is 18.8 Å². The van der Waals surface area contributed by atoms with Gasteiger partial charge in [0.15, 0.2) is 11.5 Å². The third kappa shape index (κ3) is 4.27. The second-order valence-electron chi connectivity index (χ2n) is 6.79. The molecule has 0 radical (unpaired) electrons. The minimum Gasteiger partial charge on any atom is -0.493 e. The van der Waals surface area contributed by atoms with Gasteiger partial charge in [0, 0.05) is 18.7 Å². The molecule has 1 aromatic heterocycles. The van der Waals surface area contributed by atoms with E-state index >= 15 is 0 Å². The average Bonchev–Trinajstić information content (AvgIpc) is 3.18. The largest absolute Gasteiger partial charge is 0.493 e. The molecule has 2 heterocycles. The molecule has 1 saturated heterocycles. The van der Waals surface area contributed by atoms with Gasteiger partial charge in [-0.25, -0.2) is 8.42 Å². The van der Waals surface area contributed by atoms with E-state index in [1.165, 1.54) is 14.2 Å². The number of sulfone groups is 1. The van der Waals surface area contributed by atoms with Crippen LogP contribution in [0.3, 0.4) is 0 Å². The third-order valence-electron chi connectivity index (χ3n) is 4.63. The van der Waals surface area contributed by atoms with Gasteiger partial charge in [-0.3, -0.25) is 4.79 Å². The third-order valence-corrected chi connectivity index (χ3v) is 5.95. The van der Waals surface area contributed by atoms with Crippen LogP contribution in [0.2, 0.25) is 0 Å². The molecule has 1 atom stereocenters. The van der Waals surface area contributed by atoms with E-state index in [-0.39, 0.29) is 5.89 Å². The molecule has 28 heavy (non-hydrogen) atoms. The van der Waals surface area contributed by atoms with Crippen molar-refractivity contribution in [1.82, 2.24) is 15.1 Å². The Balaban J connectivity index is 1.78. The maximum atomic E-state index is 12.5. The molecule has 2 aromatic rings. The molecule has 1 aliphatic heterocycles. The van der Waals surface area contributed by atoms with Crippen LogP contribution in [0, 0.1) is 5.92 Å². The summed E-state index contributed by atoms with van der Waals surface area (Å²) in [5.74, 6) is 0.196. The van der Waals surface area contributed by atoms with Crippen molar-refractivity contribution in [2.24, 2.45) is 5.92 Å². The molecule has 0 spiro atoms. The second kappa shape index (κ2) is 8.17. The van der Waals surface area contributed by atoms with Crippen molar-refractivity contribution in [2.75, 3.05) is 33.1 Å². The number of aromatic nitrogens is 2. The van der Waals surface area contributed by atoms with Crippen molar-refractivity contribution in [1.29, 1.82) is 0 Å². The van der Waals surface area contributed by atoms with Crippen molar-refractivity contribution >= 4 is 15.7 Å². The molecule has 3 rings (SSSR count). The number of nitrogens with zero attached hydrogens (tertiary/aromatic N) is 3. The molecule has 0 N–H and O–H groups in total. The predicted octanol–water partition coefficient (Wildman–Crippen LogP) is 1.79. The van der Waals surface area contributed by atoms with Crippen LogP contribution >= 0.6 is 0 Å². The van der Waals surface area contributed by atoms with Crippen LogP contribution in [0.25, 0.3) is 11.5 Å². The predicted molar refractivity (Wildman–Crippen MR) is 99.9 cm³/mol. The SMILES string of the molecule is COc1ccc(-c2nnc(S(=O)(=O)CC(=O)N3CCCC(C)C3)o2)cc1OC. The second-order valence-corrected chi connectivity index (χ2v) is 8.66. The molecule has 10 heteroatoms. The maximum absolute atomic E-state index is 12.5. The minimum absolute atomic E-state index is 0.0126. The number of amides is 1.